The maximum atomic E-state index is 12.2. The van der Waals surface area contributed by atoms with E-state index in [0.29, 0.717) is 33.7 Å². The number of hydrazone groups is 1. The van der Waals surface area contributed by atoms with E-state index in [9.17, 15) is 4.79 Å². The number of carbonyl (C=O) groups excluding carboxylic acids is 1. The summed E-state index contributed by atoms with van der Waals surface area (Å²) in [6, 6.07) is 14.1. The second-order valence-electron chi connectivity index (χ2n) is 5.46. The first-order valence-corrected chi connectivity index (χ1v) is 8.90. The minimum Gasteiger partial charge on any atom is -0.493 e. The van der Waals surface area contributed by atoms with E-state index in [2.05, 4.69) is 20.7 Å². The van der Waals surface area contributed by atoms with Crippen molar-refractivity contribution in [2.75, 3.05) is 6.61 Å². The molecule has 0 atom stereocenters. The normalized spacial score (nSPS) is 10.9. The monoisotopic (exact) mass is 402 g/mol. The van der Waals surface area contributed by atoms with Crippen molar-refractivity contribution in [1.82, 2.24) is 15.6 Å². The smallest absolute Gasteiger partial charge is 0.289 e. The van der Waals surface area contributed by atoms with E-state index >= 15 is 0 Å². The van der Waals surface area contributed by atoms with Crippen molar-refractivity contribution >= 4 is 35.3 Å². The molecule has 1 aromatic heterocycles. The van der Waals surface area contributed by atoms with Crippen LogP contribution in [0.2, 0.25) is 10.0 Å². The van der Waals surface area contributed by atoms with Crippen LogP contribution in [0.25, 0.3) is 11.3 Å². The molecule has 0 bridgehead atoms. The number of benzene rings is 2. The number of H-pyrrole nitrogens is 1. The van der Waals surface area contributed by atoms with Gasteiger partial charge < -0.3 is 4.74 Å². The Morgan fingerprint density at radius 1 is 1.26 bits per heavy atom. The molecule has 0 saturated carbocycles. The largest absolute Gasteiger partial charge is 0.493 e. The number of nitrogens with zero attached hydrogens (tertiary/aromatic N) is 2. The van der Waals surface area contributed by atoms with Gasteiger partial charge in [-0.2, -0.15) is 10.2 Å². The van der Waals surface area contributed by atoms with Gasteiger partial charge in [-0.05, 0) is 37.3 Å². The van der Waals surface area contributed by atoms with Crippen molar-refractivity contribution in [2.24, 2.45) is 5.10 Å². The van der Waals surface area contributed by atoms with Gasteiger partial charge in [-0.3, -0.25) is 9.89 Å². The van der Waals surface area contributed by atoms with Gasteiger partial charge in [0.25, 0.3) is 5.91 Å². The molecule has 0 aliphatic rings. The molecule has 3 aromatic rings. The van der Waals surface area contributed by atoms with Crippen LogP contribution in [0.3, 0.4) is 0 Å². The molecule has 2 aromatic carbocycles. The summed E-state index contributed by atoms with van der Waals surface area (Å²) in [4.78, 5) is 12.2. The molecule has 138 valence electrons. The zero-order chi connectivity index (χ0) is 19.2. The lowest BCUT2D eigenvalue weighted by Gasteiger charge is -2.07. The van der Waals surface area contributed by atoms with Gasteiger partial charge in [-0.1, -0.05) is 41.4 Å². The molecule has 0 saturated heterocycles. The van der Waals surface area contributed by atoms with Gasteiger partial charge in [0, 0.05) is 16.1 Å². The third-order valence-electron chi connectivity index (χ3n) is 3.62. The topological polar surface area (TPSA) is 79.4 Å². The van der Waals surface area contributed by atoms with Crippen molar-refractivity contribution in [1.29, 1.82) is 0 Å². The number of carbonyl (C=O) groups is 1. The van der Waals surface area contributed by atoms with Crippen molar-refractivity contribution in [2.45, 2.75) is 6.92 Å². The van der Waals surface area contributed by atoms with Crippen LogP contribution >= 0.6 is 23.2 Å². The molecule has 0 fully saturated rings. The lowest BCUT2D eigenvalue weighted by Crippen LogP contribution is -2.18. The molecule has 1 heterocycles. The first kappa shape index (κ1) is 18.9. The Morgan fingerprint density at radius 3 is 2.85 bits per heavy atom. The van der Waals surface area contributed by atoms with Crippen molar-refractivity contribution in [3.05, 3.63) is 69.8 Å². The van der Waals surface area contributed by atoms with E-state index < -0.39 is 5.91 Å². The zero-order valence-corrected chi connectivity index (χ0v) is 15.9. The molecule has 27 heavy (non-hydrogen) atoms. The number of halogens is 2. The number of hydrogen-bond donors (Lipinski definition) is 2. The van der Waals surface area contributed by atoms with Crippen molar-refractivity contribution < 1.29 is 9.53 Å². The summed E-state index contributed by atoms with van der Waals surface area (Å²) in [6.45, 7) is 2.45. The highest BCUT2D eigenvalue weighted by Gasteiger charge is 2.13. The number of nitrogens with one attached hydrogen (secondary N) is 2. The van der Waals surface area contributed by atoms with Gasteiger partial charge in [0.2, 0.25) is 0 Å². The maximum absolute atomic E-state index is 12.2. The minimum atomic E-state index is -0.427. The first-order chi connectivity index (χ1) is 13.1. The summed E-state index contributed by atoms with van der Waals surface area (Å²) in [5.41, 5.74) is 4.74. The van der Waals surface area contributed by atoms with Crippen LogP contribution in [-0.2, 0) is 0 Å². The van der Waals surface area contributed by atoms with Crippen LogP contribution in [-0.4, -0.2) is 28.9 Å². The Balaban J connectivity index is 1.71. The Labute approximate surface area is 166 Å². The van der Waals surface area contributed by atoms with Gasteiger partial charge in [0.1, 0.15) is 11.4 Å². The van der Waals surface area contributed by atoms with Gasteiger partial charge >= 0.3 is 0 Å². The summed E-state index contributed by atoms with van der Waals surface area (Å²) >= 11 is 11.9. The molecule has 0 radical (unpaired) electrons. The summed E-state index contributed by atoms with van der Waals surface area (Å²) in [5, 5.41) is 11.8. The number of rotatable bonds is 6. The minimum absolute atomic E-state index is 0.274. The average molecular weight is 403 g/mol. The molecule has 1 amide bonds. The second-order valence-corrected chi connectivity index (χ2v) is 6.30. The van der Waals surface area contributed by atoms with Crippen molar-refractivity contribution in [3.8, 4) is 17.0 Å². The SMILES string of the molecule is CCOc1ccccc1-c1cc(C(=O)NN=Cc2ccc(Cl)cc2Cl)[nH]n1. The molecule has 0 unspecified atom stereocenters. The molecule has 0 aliphatic heterocycles. The van der Waals surface area contributed by atoms with Crippen LogP contribution < -0.4 is 10.2 Å². The highest BCUT2D eigenvalue weighted by molar-refractivity contribution is 6.36. The average Bonchev–Trinajstić information content (AvgIpc) is 3.14. The van der Waals surface area contributed by atoms with Crippen molar-refractivity contribution in [3.63, 3.8) is 0 Å². The van der Waals surface area contributed by atoms with E-state index in [1.807, 2.05) is 31.2 Å². The Kier molecular flexibility index (Phi) is 6.11. The molecule has 2 N–H and O–H groups in total. The Bertz CT molecular complexity index is 985. The predicted molar refractivity (Wildman–Crippen MR) is 107 cm³/mol. The fourth-order valence-electron chi connectivity index (χ4n) is 2.36. The Hall–Kier alpha value is -2.83. The highest BCUT2D eigenvalue weighted by atomic mass is 35.5. The fourth-order valence-corrected chi connectivity index (χ4v) is 2.82. The lowest BCUT2D eigenvalue weighted by molar-refractivity contribution is 0.0950. The van der Waals surface area contributed by atoms with Crippen LogP contribution in [0.15, 0.2) is 53.6 Å². The quantitative estimate of drug-likeness (QED) is 0.468. The third kappa shape index (κ3) is 4.67. The molecule has 6 nitrogen and oxygen atoms in total. The van der Waals surface area contributed by atoms with Gasteiger partial charge in [-0.25, -0.2) is 5.43 Å². The highest BCUT2D eigenvalue weighted by Crippen LogP contribution is 2.28. The summed E-state index contributed by atoms with van der Waals surface area (Å²) in [6.07, 6.45) is 1.44. The van der Waals surface area contributed by atoms with E-state index in [0.717, 1.165) is 5.56 Å². The zero-order valence-electron chi connectivity index (χ0n) is 14.4. The van der Waals surface area contributed by atoms with E-state index in [4.69, 9.17) is 27.9 Å². The van der Waals surface area contributed by atoms with E-state index in [1.165, 1.54) is 6.21 Å². The molecule has 3 rings (SSSR count). The van der Waals surface area contributed by atoms with Crippen LogP contribution in [0.4, 0.5) is 0 Å². The van der Waals surface area contributed by atoms with Gasteiger partial charge in [0.15, 0.2) is 0 Å². The number of para-hydroxylation sites is 1. The Morgan fingerprint density at radius 2 is 2.07 bits per heavy atom. The standard InChI is InChI=1S/C19H16Cl2N4O2/c1-2-27-18-6-4-3-5-14(18)16-10-17(24-23-16)19(26)25-22-11-12-7-8-13(20)9-15(12)21/h3-11H,2H2,1H3,(H,23,24)(H,25,26). The second kappa shape index (κ2) is 8.70. The summed E-state index contributed by atoms with van der Waals surface area (Å²) in [7, 11) is 0. The van der Waals surface area contributed by atoms with Gasteiger partial charge in [0.05, 0.1) is 23.5 Å². The first-order valence-electron chi connectivity index (χ1n) is 8.14. The number of hydrogen-bond acceptors (Lipinski definition) is 4. The predicted octanol–water partition coefficient (Wildman–Crippen LogP) is 4.55. The molecule has 0 spiro atoms. The molecule has 0 aliphatic carbocycles. The van der Waals surface area contributed by atoms with Crippen LogP contribution in [0, 0.1) is 0 Å². The summed E-state index contributed by atoms with van der Waals surface area (Å²) < 4.78 is 5.59. The molecule has 8 heteroatoms. The number of aromatic nitrogens is 2. The van der Waals surface area contributed by atoms with Gasteiger partial charge in [-0.15, -0.1) is 0 Å². The fraction of sp³-hybridized carbons (Fsp3) is 0.105. The number of ether oxygens (including phenoxy) is 1. The number of amides is 1. The maximum Gasteiger partial charge on any atom is 0.289 e. The van der Waals surface area contributed by atoms with E-state index in [-0.39, 0.29) is 5.69 Å². The summed E-state index contributed by atoms with van der Waals surface area (Å²) in [5.74, 6) is 0.276. The molecular weight excluding hydrogens is 387 g/mol. The third-order valence-corrected chi connectivity index (χ3v) is 4.18. The van der Waals surface area contributed by atoms with Crippen LogP contribution in [0.5, 0.6) is 5.75 Å². The van der Waals surface area contributed by atoms with E-state index in [1.54, 1.807) is 24.3 Å². The number of aromatic amines is 1. The van der Waals surface area contributed by atoms with Crippen LogP contribution in [0.1, 0.15) is 23.0 Å². The molecular formula is C19H16Cl2N4O2. The lowest BCUT2D eigenvalue weighted by atomic mass is 10.1.